The van der Waals surface area contributed by atoms with Crippen molar-refractivity contribution in [3.63, 3.8) is 0 Å². The molecule has 0 aliphatic heterocycles. The number of amides is 1. The Morgan fingerprint density at radius 3 is 1.81 bits per heavy atom. The lowest BCUT2D eigenvalue weighted by molar-refractivity contribution is -0.384. The summed E-state index contributed by atoms with van der Waals surface area (Å²) in [6, 6.07) is 4.50. The average Bonchev–Trinajstić information content (AvgIpc) is 2.92. The van der Waals surface area contributed by atoms with Crippen LogP contribution in [0.3, 0.4) is 0 Å². The molecule has 1 atom stereocenters. The van der Waals surface area contributed by atoms with Crippen LogP contribution in [0.2, 0.25) is 0 Å². The molecule has 0 bridgehead atoms. The summed E-state index contributed by atoms with van der Waals surface area (Å²) in [7, 11) is 6.88. The van der Waals surface area contributed by atoms with Gasteiger partial charge in [-0.05, 0) is 46.7 Å². The molecule has 0 fully saturated rings. The number of hydrogen-bond acceptors (Lipinski definition) is 9. The van der Waals surface area contributed by atoms with Gasteiger partial charge in [0, 0.05) is 24.1 Å². The molecule has 1 aromatic rings. The lowest BCUT2D eigenvalue weighted by Crippen LogP contribution is -2.45. The molecule has 0 saturated heterocycles. The third kappa shape index (κ3) is 17.0. The normalized spacial score (nSPS) is 12.0. The zero-order valence-corrected chi connectivity index (χ0v) is 26.2. The third-order valence-corrected chi connectivity index (χ3v) is 6.55. The Bertz CT molecular complexity index is 938. The van der Waals surface area contributed by atoms with E-state index < -0.39 is 22.9 Å². The summed E-state index contributed by atoms with van der Waals surface area (Å²) in [5, 5.41) is 14.0. The molecule has 0 saturated carbocycles. The summed E-state index contributed by atoms with van der Waals surface area (Å²) in [5.74, 6) is -1.35. The number of nitrogens with one attached hydrogen (secondary N) is 1. The topological polar surface area (TPSA) is 131 Å². The number of carbonyl (C=O) groups excluding carboxylic acids is 3. The number of benzene rings is 1. The second-order valence-corrected chi connectivity index (χ2v) is 11.2. The standard InChI is InChI=1S/C31H51N4O7/c1-6-7-8-9-10-11-12-13-14-15-16-17-28(36)32-27(24-41-29(37)22-33(2)3)31(42-30(38)23-34(4)5)25-18-20-26(21-19-25)35(39)40/h18-21,27H,6-17,22-24H2,1-5H3,(H,32,36)/t27-/m1/s1. The van der Waals surface area contributed by atoms with Crippen molar-refractivity contribution in [1.82, 2.24) is 15.1 Å². The van der Waals surface area contributed by atoms with Crippen molar-refractivity contribution in [2.75, 3.05) is 47.9 Å². The Labute approximate surface area is 251 Å². The van der Waals surface area contributed by atoms with Gasteiger partial charge in [-0.25, -0.2) is 0 Å². The number of nitrogens with zero attached hydrogens (tertiary/aromatic N) is 3. The van der Waals surface area contributed by atoms with Gasteiger partial charge in [0.15, 0.2) is 0 Å². The first-order valence-electron chi connectivity index (χ1n) is 15.1. The van der Waals surface area contributed by atoms with Gasteiger partial charge in [-0.3, -0.25) is 34.3 Å². The summed E-state index contributed by atoms with van der Waals surface area (Å²) in [6.07, 6.45) is 13.1. The number of ether oxygens (including phenoxy) is 2. The quantitative estimate of drug-likeness (QED) is 0.0819. The molecule has 11 nitrogen and oxygen atoms in total. The fourth-order valence-corrected chi connectivity index (χ4v) is 4.37. The van der Waals surface area contributed by atoms with E-state index in [1.807, 2.05) is 0 Å². The van der Waals surface area contributed by atoms with Gasteiger partial charge in [0.2, 0.25) is 12.0 Å². The summed E-state index contributed by atoms with van der Waals surface area (Å²) in [4.78, 5) is 51.8. The van der Waals surface area contributed by atoms with E-state index in [1.54, 1.807) is 38.0 Å². The molecule has 1 aromatic carbocycles. The van der Waals surface area contributed by atoms with Crippen molar-refractivity contribution >= 4 is 23.5 Å². The molecular weight excluding hydrogens is 540 g/mol. The molecule has 42 heavy (non-hydrogen) atoms. The van der Waals surface area contributed by atoms with Gasteiger partial charge in [0.1, 0.15) is 12.6 Å². The number of carbonyl (C=O) groups is 3. The van der Waals surface area contributed by atoms with Gasteiger partial charge >= 0.3 is 11.9 Å². The SMILES string of the molecule is CCCCCCCCCCCCCC(=O)N[C@H](COC(=O)CN(C)C)[C](OC(=O)CN(C)C)c1ccc([N+](=O)[O-])cc1. The van der Waals surface area contributed by atoms with Crippen LogP contribution in [-0.2, 0) is 23.9 Å². The Morgan fingerprint density at radius 1 is 0.810 bits per heavy atom. The van der Waals surface area contributed by atoms with E-state index in [4.69, 9.17) is 9.47 Å². The highest BCUT2D eigenvalue weighted by molar-refractivity contribution is 5.77. The third-order valence-electron chi connectivity index (χ3n) is 6.55. The maximum atomic E-state index is 13.0. The maximum absolute atomic E-state index is 13.0. The zero-order valence-electron chi connectivity index (χ0n) is 26.2. The summed E-state index contributed by atoms with van der Waals surface area (Å²) < 4.78 is 11.1. The molecule has 0 heterocycles. The fraction of sp³-hybridized carbons (Fsp3) is 0.677. The van der Waals surface area contributed by atoms with Crippen molar-refractivity contribution < 1.29 is 28.8 Å². The number of rotatable bonds is 23. The number of esters is 2. The Balaban J connectivity index is 2.86. The van der Waals surface area contributed by atoms with Crippen LogP contribution in [0, 0.1) is 16.2 Å². The average molecular weight is 592 g/mol. The molecule has 0 spiro atoms. The van der Waals surface area contributed by atoms with Gasteiger partial charge in [0.05, 0.1) is 18.0 Å². The van der Waals surface area contributed by atoms with Crippen molar-refractivity contribution in [2.24, 2.45) is 0 Å². The van der Waals surface area contributed by atoms with E-state index in [0.29, 0.717) is 12.0 Å². The van der Waals surface area contributed by atoms with Crippen LogP contribution in [0.15, 0.2) is 24.3 Å². The van der Waals surface area contributed by atoms with E-state index >= 15 is 0 Å². The van der Waals surface area contributed by atoms with Crippen LogP contribution in [-0.4, -0.2) is 86.5 Å². The van der Waals surface area contributed by atoms with Crippen molar-refractivity contribution in [3.8, 4) is 0 Å². The molecule has 237 valence electrons. The fourth-order valence-electron chi connectivity index (χ4n) is 4.37. The van der Waals surface area contributed by atoms with E-state index in [1.165, 1.54) is 69.2 Å². The number of hydrogen-bond donors (Lipinski definition) is 1. The number of likely N-dealkylation sites (N-methyl/N-ethyl adjacent to an activating group) is 2. The largest absolute Gasteiger partial charge is 0.462 e. The predicted octanol–water partition coefficient (Wildman–Crippen LogP) is 4.87. The van der Waals surface area contributed by atoms with Crippen LogP contribution in [0.25, 0.3) is 0 Å². The van der Waals surface area contributed by atoms with Crippen LogP contribution in [0.1, 0.15) is 89.5 Å². The zero-order chi connectivity index (χ0) is 31.3. The lowest BCUT2D eigenvalue weighted by atomic mass is 10.0. The van der Waals surface area contributed by atoms with Crippen molar-refractivity contribution in [2.45, 2.75) is 90.0 Å². The molecule has 0 aliphatic carbocycles. The molecular formula is C31H51N4O7. The van der Waals surface area contributed by atoms with E-state index in [2.05, 4.69) is 12.2 Å². The minimum atomic E-state index is -0.969. The molecule has 1 amide bonds. The first-order valence-corrected chi connectivity index (χ1v) is 15.1. The van der Waals surface area contributed by atoms with Gasteiger partial charge in [-0.2, -0.15) is 0 Å². The molecule has 1 N–H and O–H groups in total. The molecule has 0 unspecified atom stereocenters. The maximum Gasteiger partial charge on any atom is 0.321 e. The second kappa shape index (κ2) is 21.6. The Kier molecular flexibility index (Phi) is 19.0. The van der Waals surface area contributed by atoms with Crippen LogP contribution in [0.4, 0.5) is 5.69 Å². The number of unbranched alkanes of at least 4 members (excludes halogenated alkanes) is 10. The minimum Gasteiger partial charge on any atom is -0.462 e. The van der Waals surface area contributed by atoms with Crippen molar-refractivity contribution in [1.29, 1.82) is 0 Å². The number of nitro benzene ring substituents is 1. The molecule has 1 rings (SSSR count). The first-order chi connectivity index (χ1) is 20.0. The monoisotopic (exact) mass is 591 g/mol. The molecule has 0 aromatic heterocycles. The van der Waals surface area contributed by atoms with E-state index in [9.17, 15) is 24.5 Å². The van der Waals surface area contributed by atoms with Crippen LogP contribution < -0.4 is 5.32 Å². The molecule has 1 radical (unpaired) electrons. The smallest absolute Gasteiger partial charge is 0.321 e. The summed E-state index contributed by atoms with van der Waals surface area (Å²) in [6.45, 7) is 1.96. The molecule has 11 heteroatoms. The summed E-state index contributed by atoms with van der Waals surface area (Å²) >= 11 is 0. The van der Waals surface area contributed by atoms with E-state index in [-0.39, 0.29) is 43.8 Å². The minimum absolute atomic E-state index is 0.0314. The first kappa shape index (κ1) is 37.0. The highest BCUT2D eigenvalue weighted by Crippen LogP contribution is 2.24. The Morgan fingerprint density at radius 2 is 1.31 bits per heavy atom. The van der Waals surface area contributed by atoms with Gasteiger partial charge in [-0.15, -0.1) is 0 Å². The second-order valence-electron chi connectivity index (χ2n) is 11.2. The van der Waals surface area contributed by atoms with Crippen molar-refractivity contribution in [3.05, 3.63) is 46.0 Å². The highest BCUT2D eigenvalue weighted by Gasteiger charge is 2.32. The van der Waals surface area contributed by atoms with Gasteiger partial charge < -0.3 is 14.8 Å². The van der Waals surface area contributed by atoms with Crippen LogP contribution >= 0.6 is 0 Å². The van der Waals surface area contributed by atoms with Crippen LogP contribution in [0.5, 0.6) is 0 Å². The van der Waals surface area contributed by atoms with Gasteiger partial charge in [-0.1, -0.05) is 71.1 Å². The van der Waals surface area contributed by atoms with Gasteiger partial charge in [0.25, 0.3) is 5.69 Å². The number of non-ortho nitro benzene ring substituents is 1. The molecule has 0 aliphatic rings. The summed E-state index contributed by atoms with van der Waals surface area (Å²) in [5.41, 5.74) is 0.226. The number of nitro groups is 1. The van der Waals surface area contributed by atoms with E-state index in [0.717, 1.165) is 19.3 Å². The lowest BCUT2D eigenvalue weighted by Gasteiger charge is -2.27. The predicted molar refractivity (Wildman–Crippen MR) is 163 cm³/mol. The highest BCUT2D eigenvalue weighted by atomic mass is 16.6. The Hall–Kier alpha value is -3.05.